The van der Waals surface area contributed by atoms with Crippen LogP contribution >= 0.6 is 0 Å². The summed E-state index contributed by atoms with van der Waals surface area (Å²) < 4.78 is 0. The lowest BCUT2D eigenvalue weighted by atomic mass is 10.2. The van der Waals surface area contributed by atoms with E-state index >= 15 is 0 Å². The minimum Gasteiger partial charge on any atom is -0.329 e. The fraction of sp³-hybridized carbons (Fsp3) is 1.00. The monoisotopic (exact) mass is 142 g/mol. The third kappa shape index (κ3) is 3.18. The van der Waals surface area contributed by atoms with Crippen molar-refractivity contribution in [1.82, 2.24) is 5.32 Å². The number of rotatable bonds is 5. The Kier molecular flexibility index (Phi) is 3.16. The fourth-order valence-corrected chi connectivity index (χ4v) is 1.02. The van der Waals surface area contributed by atoms with E-state index in [1.165, 1.54) is 19.3 Å². The zero-order valence-corrected chi connectivity index (χ0v) is 6.77. The Bertz CT molecular complexity index is 89.3. The van der Waals surface area contributed by atoms with Gasteiger partial charge in [0.1, 0.15) is 0 Å². The molecule has 0 amide bonds. The largest absolute Gasteiger partial charge is 0.329 e. The summed E-state index contributed by atoms with van der Waals surface area (Å²) in [6.07, 6.45) is 4.27. The first-order valence-corrected chi connectivity index (χ1v) is 4.26. The zero-order chi connectivity index (χ0) is 7.40. The van der Waals surface area contributed by atoms with Crippen LogP contribution in [0.1, 0.15) is 26.2 Å². The lowest BCUT2D eigenvalue weighted by Crippen LogP contribution is -2.33. The molecule has 1 fully saturated rings. The molecule has 2 heteroatoms. The molecule has 0 aromatic heterocycles. The van der Waals surface area contributed by atoms with E-state index in [-0.39, 0.29) is 0 Å². The van der Waals surface area contributed by atoms with Gasteiger partial charge in [0, 0.05) is 12.6 Å². The van der Waals surface area contributed by atoms with Crippen molar-refractivity contribution in [2.45, 2.75) is 32.2 Å². The SMILES string of the molecule is C[C@H](CN)NCCC1CC1. The maximum Gasteiger partial charge on any atom is 0.0161 e. The van der Waals surface area contributed by atoms with Gasteiger partial charge in [-0.15, -0.1) is 0 Å². The molecule has 60 valence electrons. The van der Waals surface area contributed by atoms with Crippen LogP contribution < -0.4 is 11.1 Å². The van der Waals surface area contributed by atoms with Gasteiger partial charge in [0.2, 0.25) is 0 Å². The van der Waals surface area contributed by atoms with Crippen molar-refractivity contribution in [3.63, 3.8) is 0 Å². The molecule has 0 radical (unpaired) electrons. The lowest BCUT2D eigenvalue weighted by Gasteiger charge is -2.09. The van der Waals surface area contributed by atoms with Gasteiger partial charge in [-0.25, -0.2) is 0 Å². The van der Waals surface area contributed by atoms with Crippen LogP contribution in [0.4, 0.5) is 0 Å². The smallest absolute Gasteiger partial charge is 0.0161 e. The molecule has 0 aromatic carbocycles. The number of nitrogens with two attached hydrogens (primary N) is 1. The van der Waals surface area contributed by atoms with Crippen LogP contribution in [0.25, 0.3) is 0 Å². The molecule has 0 bridgehead atoms. The van der Waals surface area contributed by atoms with Crippen LogP contribution in [0.5, 0.6) is 0 Å². The van der Waals surface area contributed by atoms with Crippen molar-refractivity contribution in [3.8, 4) is 0 Å². The normalized spacial score (nSPS) is 21.0. The Morgan fingerprint density at radius 3 is 2.80 bits per heavy atom. The third-order valence-corrected chi connectivity index (χ3v) is 2.10. The second kappa shape index (κ2) is 3.94. The summed E-state index contributed by atoms with van der Waals surface area (Å²) in [6.45, 7) is 4.04. The molecule has 2 nitrogen and oxygen atoms in total. The van der Waals surface area contributed by atoms with Crippen molar-refractivity contribution in [1.29, 1.82) is 0 Å². The first-order valence-electron chi connectivity index (χ1n) is 4.26. The second-order valence-electron chi connectivity index (χ2n) is 3.32. The Balaban J connectivity index is 1.83. The minimum atomic E-state index is 0.499. The van der Waals surface area contributed by atoms with Gasteiger partial charge in [0.25, 0.3) is 0 Å². The van der Waals surface area contributed by atoms with Gasteiger partial charge in [-0.3, -0.25) is 0 Å². The summed E-state index contributed by atoms with van der Waals surface area (Å²) >= 11 is 0. The van der Waals surface area contributed by atoms with Crippen LogP contribution in [-0.2, 0) is 0 Å². The average Bonchev–Trinajstić information content (AvgIpc) is 2.71. The standard InChI is InChI=1S/C8H18N2/c1-7(6-9)10-5-4-8-2-3-8/h7-8,10H,2-6,9H2,1H3/t7-/m1/s1. The third-order valence-electron chi connectivity index (χ3n) is 2.10. The first-order chi connectivity index (χ1) is 4.83. The topological polar surface area (TPSA) is 38.0 Å². The fourth-order valence-electron chi connectivity index (χ4n) is 1.02. The summed E-state index contributed by atoms with van der Waals surface area (Å²) in [5.74, 6) is 1.04. The van der Waals surface area contributed by atoms with E-state index < -0.39 is 0 Å². The van der Waals surface area contributed by atoms with Gasteiger partial charge in [-0.1, -0.05) is 12.8 Å². The molecular formula is C8H18N2. The van der Waals surface area contributed by atoms with Crippen molar-refractivity contribution < 1.29 is 0 Å². The second-order valence-corrected chi connectivity index (χ2v) is 3.32. The maximum absolute atomic E-state index is 5.44. The Hall–Kier alpha value is -0.0800. The van der Waals surface area contributed by atoms with E-state index in [0.717, 1.165) is 19.0 Å². The van der Waals surface area contributed by atoms with Crippen molar-refractivity contribution in [2.75, 3.05) is 13.1 Å². The molecule has 0 unspecified atom stereocenters. The molecular weight excluding hydrogens is 124 g/mol. The molecule has 0 heterocycles. The zero-order valence-electron chi connectivity index (χ0n) is 6.77. The molecule has 1 aliphatic rings. The molecule has 1 atom stereocenters. The van der Waals surface area contributed by atoms with Gasteiger partial charge in [-0.2, -0.15) is 0 Å². The van der Waals surface area contributed by atoms with Crippen LogP contribution in [-0.4, -0.2) is 19.1 Å². The van der Waals surface area contributed by atoms with Crippen molar-refractivity contribution in [3.05, 3.63) is 0 Å². The summed E-state index contributed by atoms with van der Waals surface area (Å²) in [5, 5.41) is 3.38. The molecule has 3 N–H and O–H groups in total. The first kappa shape index (κ1) is 8.02. The molecule has 1 aliphatic carbocycles. The Morgan fingerprint density at radius 1 is 1.60 bits per heavy atom. The Morgan fingerprint density at radius 2 is 2.30 bits per heavy atom. The van der Waals surface area contributed by atoms with Gasteiger partial charge < -0.3 is 11.1 Å². The summed E-state index contributed by atoms with van der Waals surface area (Å²) in [7, 11) is 0. The summed E-state index contributed by atoms with van der Waals surface area (Å²) in [6, 6.07) is 0.499. The highest BCUT2D eigenvalue weighted by molar-refractivity contribution is 4.74. The summed E-state index contributed by atoms with van der Waals surface area (Å²) in [5.41, 5.74) is 5.44. The van der Waals surface area contributed by atoms with Gasteiger partial charge in [0.05, 0.1) is 0 Å². The van der Waals surface area contributed by atoms with Crippen molar-refractivity contribution >= 4 is 0 Å². The van der Waals surface area contributed by atoms with Gasteiger partial charge in [-0.05, 0) is 25.8 Å². The van der Waals surface area contributed by atoms with E-state index in [9.17, 15) is 0 Å². The molecule has 0 aliphatic heterocycles. The van der Waals surface area contributed by atoms with E-state index in [1.807, 2.05) is 0 Å². The molecule has 1 saturated carbocycles. The average molecular weight is 142 g/mol. The molecule has 0 saturated heterocycles. The van der Waals surface area contributed by atoms with E-state index in [1.54, 1.807) is 0 Å². The highest BCUT2D eigenvalue weighted by Crippen LogP contribution is 2.31. The molecule has 0 aromatic rings. The molecule has 1 rings (SSSR count). The minimum absolute atomic E-state index is 0.499. The van der Waals surface area contributed by atoms with Crippen LogP contribution in [0.15, 0.2) is 0 Å². The molecule has 0 spiro atoms. The van der Waals surface area contributed by atoms with Gasteiger partial charge in [0.15, 0.2) is 0 Å². The summed E-state index contributed by atoms with van der Waals surface area (Å²) in [4.78, 5) is 0. The highest BCUT2D eigenvalue weighted by Gasteiger charge is 2.20. The lowest BCUT2D eigenvalue weighted by molar-refractivity contribution is 0.528. The number of hydrogen-bond acceptors (Lipinski definition) is 2. The van der Waals surface area contributed by atoms with Crippen LogP contribution in [0.3, 0.4) is 0 Å². The Labute approximate surface area is 63.2 Å². The highest BCUT2D eigenvalue weighted by atomic mass is 14.9. The number of hydrogen-bond donors (Lipinski definition) is 2. The van der Waals surface area contributed by atoms with E-state index in [0.29, 0.717) is 6.04 Å². The van der Waals surface area contributed by atoms with Crippen LogP contribution in [0, 0.1) is 5.92 Å². The predicted octanol–water partition coefficient (Wildman–Crippen LogP) is 0.723. The predicted molar refractivity (Wildman–Crippen MR) is 43.9 cm³/mol. The van der Waals surface area contributed by atoms with E-state index in [2.05, 4.69) is 12.2 Å². The molecule has 10 heavy (non-hydrogen) atoms. The van der Waals surface area contributed by atoms with E-state index in [4.69, 9.17) is 5.73 Å². The van der Waals surface area contributed by atoms with Crippen LogP contribution in [0.2, 0.25) is 0 Å². The van der Waals surface area contributed by atoms with Gasteiger partial charge >= 0.3 is 0 Å². The quantitative estimate of drug-likeness (QED) is 0.593. The maximum atomic E-state index is 5.44. The van der Waals surface area contributed by atoms with Crippen molar-refractivity contribution in [2.24, 2.45) is 11.7 Å². The number of nitrogens with one attached hydrogen (secondary N) is 1.